The lowest BCUT2D eigenvalue weighted by molar-refractivity contribution is 0.342. The molecule has 0 amide bonds. The minimum atomic E-state index is 0.167. The van der Waals surface area contributed by atoms with E-state index in [4.69, 9.17) is 5.11 Å². The van der Waals surface area contributed by atoms with Crippen LogP contribution in [0.4, 0.5) is 0 Å². The summed E-state index contributed by atoms with van der Waals surface area (Å²) in [6.07, 6.45) is 9.66. The van der Waals surface area contributed by atoms with Gasteiger partial charge in [-0.2, -0.15) is 0 Å². The van der Waals surface area contributed by atoms with Gasteiger partial charge >= 0.3 is 0 Å². The Bertz CT molecular complexity index is 164. The van der Waals surface area contributed by atoms with Crippen LogP contribution < -0.4 is 0 Å². The fraction of sp³-hybridized carbons (Fsp3) is 0.667. The molecule has 0 saturated carbocycles. The molecule has 0 aliphatic carbocycles. The van der Waals surface area contributed by atoms with Crippen molar-refractivity contribution < 1.29 is 5.11 Å². The van der Waals surface area contributed by atoms with Crippen molar-refractivity contribution in [2.75, 3.05) is 6.61 Å². The van der Waals surface area contributed by atoms with Crippen LogP contribution in [0.2, 0.25) is 0 Å². The third kappa shape index (κ3) is 9.35. The molecule has 0 heterocycles. The lowest BCUT2D eigenvalue weighted by Gasteiger charge is -2.05. The van der Waals surface area contributed by atoms with Crippen molar-refractivity contribution >= 4 is 0 Å². The predicted octanol–water partition coefficient (Wildman–Crippen LogP) is 3.31. The monoisotopic (exact) mass is 182 g/mol. The first kappa shape index (κ1) is 12.4. The molecule has 1 unspecified atom stereocenters. The molecule has 0 fully saturated rings. The molecule has 0 aromatic heterocycles. The first-order valence-corrected chi connectivity index (χ1v) is 5.06. The van der Waals surface area contributed by atoms with E-state index >= 15 is 0 Å². The van der Waals surface area contributed by atoms with Crippen molar-refractivity contribution in [1.82, 2.24) is 0 Å². The van der Waals surface area contributed by atoms with Gasteiger partial charge in [0, 0.05) is 0 Å². The molecule has 0 bridgehead atoms. The Morgan fingerprint density at radius 3 is 2.54 bits per heavy atom. The molecule has 0 radical (unpaired) electrons. The van der Waals surface area contributed by atoms with Crippen LogP contribution in [0.3, 0.4) is 0 Å². The quantitative estimate of drug-likeness (QED) is 0.625. The van der Waals surface area contributed by atoms with Crippen LogP contribution in [0, 0.1) is 5.92 Å². The van der Waals surface area contributed by atoms with Gasteiger partial charge in [-0.25, -0.2) is 0 Å². The van der Waals surface area contributed by atoms with E-state index in [1.165, 1.54) is 18.4 Å². The Kier molecular flexibility index (Phi) is 7.71. The van der Waals surface area contributed by atoms with Gasteiger partial charge in [0.2, 0.25) is 0 Å². The second kappa shape index (κ2) is 8.06. The van der Waals surface area contributed by atoms with Crippen LogP contribution in [0.5, 0.6) is 0 Å². The van der Waals surface area contributed by atoms with E-state index < -0.39 is 0 Å². The van der Waals surface area contributed by atoms with Gasteiger partial charge in [-0.15, -0.1) is 0 Å². The largest absolute Gasteiger partial charge is 0.392 e. The summed E-state index contributed by atoms with van der Waals surface area (Å²) in [5.41, 5.74) is 1.40. The highest BCUT2D eigenvalue weighted by atomic mass is 16.2. The van der Waals surface area contributed by atoms with Crippen LogP contribution in [-0.2, 0) is 0 Å². The van der Waals surface area contributed by atoms with Crippen molar-refractivity contribution in [2.24, 2.45) is 5.92 Å². The zero-order chi connectivity index (χ0) is 10.1. The van der Waals surface area contributed by atoms with Crippen molar-refractivity contribution in [3.05, 3.63) is 23.8 Å². The zero-order valence-corrected chi connectivity index (χ0v) is 9.09. The maximum atomic E-state index is 8.53. The highest BCUT2D eigenvalue weighted by molar-refractivity contribution is 4.93. The minimum Gasteiger partial charge on any atom is -0.392 e. The number of hydrogen-bond donors (Lipinski definition) is 1. The van der Waals surface area contributed by atoms with E-state index in [-0.39, 0.29) is 6.61 Å². The average Bonchev–Trinajstić information content (AvgIpc) is 2.04. The van der Waals surface area contributed by atoms with Gasteiger partial charge in [-0.1, -0.05) is 30.7 Å². The summed E-state index contributed by atoms with van der Waals surface area (Å²) in [6, 6.07) is 0. The maximum Gasteiger partial charge on any atom is 0.0612 e. The van der Waals surface area contributed by atoms with E-state index in [9.17, 15) is 0 Å². The molecule has 76 valence electrons. The number of rotatable bonds is 6. The summed E-state index contributed by atoms with van der Waals surface area (Å²) >= 11 is 0. The van der Waals surface area contributed by atoms with Crippen LogP contribution in [-0.4, -0.2) is 11.7 Å². The van der Waals surface area contributed by atoms with Gasteiger partial charge in [0.25, 0.3) is 0 Å². The third-order valence-corrected chi connectivity index (χ3v) is 2.02. The Labute approximate surface area is 82.2 Å². The van der Waals surface area contributed by atoms with Crippen LogP contribution in [0.15, 0.2) is 23.8 Å². The molecular formula is C12H22O. The number of hydrogen-bond acceptors (Lipinski definition) is 1. The first-order valence-electron chi connectivity index (χ1n) is 5.06. The Morgan fingerprint density at radius 1 is 1.31 bits per heavy atom. The summed E-state index contributed by atoms with van der Waals surface area (Å²) in [5, 5.41) is 8.53. The van der Waals surface area contributed by atoms with Gasteiger partial charge < -0.3 is 5.11 Å². The molecule has 0 spiro atoms. The average molecular weight is 182 g/mol. The maximum absolute atomic E-state index is 8.53. The normalized spacial score (nSPS) is 13.2. The van der Waals surface area contributed by atoms with Crippen LogP contribution >= 0.6 is 0 Å². The number of allylic oxidation sites excluding steroid dienone is 3. The van der Waals surface area contributed by atoms with Crippen molar-refractivity contribution in [3.8, 4) is 0 Å². The molecule has 1 nitrogen and oxygen atoms in total. The predicted molar refractivity (Wildman–Crippen MR) is 58.7 cm³/mol. The first-order chi connectivity index (χ1) is 6.16. The summed E-state index contributed by atoms with van der Waals surface area (Å²) < 4.78 is 0. The van der Waals surface area contributed by atoms with E-state index in [2.05, 4.69) is 32.9 Å². The molecule has 1 N–H and O–H groups in total. The van der Waals surface area contributed by atoms with E-state index in [0.717, 1.165) is 12.3 Å². The standard InChI is InChI=1S/C12H22O/c1-11(2)7-6-9-12(3)8-4-5-10-13/h4-5,7,12-13H,6,8-10H2,1-3H3/b5-4+. The molecule has 0 rings (SSSR count). The van der Waals surface area contributed by atoms with E-state index in [1.807, 2.05) is 6.08 Å². The Balaban J connectivity index is 3.46. The van der Waals surface area contributed by atoms with Gasteiger partial charge in [-0.05, 0) is 39.0 Å². The summed E-state index contributed by atoms with van der Waals surface area (Å²) in [4.78, 5) is 0. The second-order valence-corrected chi connectivity index (χ2v) is 3.85. The molecule has 1 atom stereocenters. The molecule has 1 heteroatoms. The molecule has 0 aliphatic heterocycles. The van der Waals surface area contributed by atoms with Crippen molar-refractivity contribution in [1.29, 1.82) is 0 Å². The summed E-state index contributed by atoms with van der Waals surface area (Å²) in [6.45, 7) is 6.69. The van der Waals surface area contributed by atoms with E-state index in [1.54, 1.807) is 0 Å². The minimum absolute atomic E-state index is 0.167. The molecule has 13 heavy (non-hydrogen) atoms. The molecule has 0 aromatic rings. The van der Waals surface area contributed by atoms with Crippen LogP contribution in [0.25, 0.3) is 0 Å². The SMILES string of the molecule is CC(C)=CCCC(C)C/C=C/CO. The summed E-state index contributed by atoms with van der Waals surface area (Å²) in [7, 11) is 0. The highest BCUT2D eigenvalue weighted by Gasteiger charge is 1.97. The smallest absolute Gasteiger partial charge is 0.0612 e. The Hall–Kier alpha value is -0.560. The third-order valence-electron chi connectivity index (χ3n) is 2.02. The lowest BCUT2D eigenvalue weighted by Crippen LogP contribution is -1.91. The summed E-state index contributed by atoms with van der Waals surface area (Å²) in [5.74, 6) is 0.721. The fourth-order valence-corrected chi connectivity index (χ4v) is 1.18. The van der Waals surface area contributed by atoms with Gasteiger partial charge in [0.1, 0.15) is 0 Å². The molecule has 0 aliphatic rings. The topological polar surface area (TPSA) is 20.2 Å². The zero-order valence-electron chi connectivity index (χ0n) is 9.09. The number of aliphatic hydroxyl groups excluding tert-OH is 1. The van der Waals surface area contributed by atoms with Gasteiger partial charge in [0.05, 0.1) is 6.61 Å². The highest BCUT2D eigenvalue weighted by Crippen LogP contribution is 2.11. The lowest BCUT2D eigenvalue weighted by atomic mass is 10.0. The molecular weight excluding hydrogens is 160 g/mol. The van der Waals surface area contributed by atoms with Crippen LogP contribution in [0.1, 0.15) is 40.0 Å². The van der Waals surface area contributed by atoms with Crippen molar-refractivity contribution in [2.45, 2.75) is 40.0 Å². The fourth-order valence-electron chi connectivity index (χ4n) is 1.18. The number of aliphatic hydroxyl groups is 1. The van der Waals surface area contributed by atoms with Gasteiger partial charge in [-0.3, -0.25) is 0 Å². The second-order valence-electron chi connectivity index (χ2n) is 3.85. The molecule has 0 saturated heterocycles. The van der Waals surface area contributed by atoms with Gasteiger partial charge in [0.15, 0.2) is 0 Å². The Morgan fingerprint density at radius 2 is 2.00 bits per heavy atom. The van der Waals surface area contributed by atoms with E-state index in [0.29, 0.717) is 0 Å². The molecule has 0 aromatic carbocycles. The van der Waals surface area contributed by atoms with Crippen molar-refractivity contribution in [3.63, 3.8) is 0 Å².